The molecule has 1 amide bonds. The Labute approximate surface area is 142 Å². The maximum Gasteiger partial charge on any atom is 0.268 e. The van der Waals surface area contributed by atoms with Crippen molar-refractivity contribution in [1.29, 1.82) is 0 Å². The molecule has 3 rings (SSSR count). The SMILES string of the molecule is C[C@@H](Oc1ccccc1)C(=O)N(C)Cc1nc2ccsc2c(=O)[nH]1. The number of carbonyl (C=O) groups excluding carboxylic acids is 1. The first-order valence-electron chi connectivity index (χ1n) is 7.47. The average Bonchev–Trinajstić information content (AvgIpc) is 3.04. The number of hydrogen-bond acceptors (Lipinski definition) is 5. The van der Waals surface area contributed by atoms with Gasteiger partial charge in [-0.3, -0.25) is 9.59 Å². The van der Waals surface area contributed by atoms with Crippen LogP contribution in [0.5, 0.6) is 5.75 Å². The van der Waals surface area contributed by atoms with E-state index in [1.165, 1.54) is 16.2 Å². The first kappa shape index (κ1) is 16.2. The summed E-state index contributed by atoms with van der Waals surface area (Å²) in [4.78, 5) is 33.0. The van der Waals surface area contributed by atoms with Crippen LogP contribution >= 0.6 is 11.3 Å². The molecule has 0 spiro atoms. The minimum atomic E-state index is -0.631. The van der Waals surface area contributed by atoms with E-state index in [4.69, 9.17) is 4.74 Å². The summed E-state index contributed by atoms with van der Waals surface area (Å²) in [6, 6.07) is 11.0. The fourth-order valence-electron chi connectivity index (χ4n) is 2.36. The number of fused-ring (bicyclic) bond motifs is 1. The lowest BCUT2D eigenvalue weighted by Gasteiger charge is -2.21. The van der Waals surface area contributed by atoms with Gasteiger partial charge in [0.2, 0.25) is 0 Å². The van der Waals surface area contributed by atoms with Crippen molar-refractivity contribution >= 4 is 27.5 Å². The number of ether oxygens (including phenoxy) is 1. The van der Waals surface area contributed by atoms with Gasteiger partial charge in [0.05, 0.1) is 12.1 Å². The molecular formula is C17H17N3O3S. The van der Waals surface area contributed by atoms with Gasteiger partial charge in [-0.15, -0.1) is 11.3 Å². The minimum Gasteiger partial charge on any atom is -0.481 e. The molecule has 1 atom stereocenters. The van der Waals surface area contributed by atoms with Crippen LogP contribution in [-0.2, 0) is 11.3 Å². The third-order valence-corrected chi connectivity index (χ3v) is 4.43. The molecule has 24 heavy (non-hydrogen) atoms. The largest absolute Gasteiger partial charge is 0.481 e. The van der Waals surface area contributed by atoms with Gasteiger partial charge >= 0.3 is 0 Å². The minimum absolute atomic E-state index is 0.181. The summed E-state index contributed by atoms with van der Waals surface area (Å²) in [5.74, 6) is 0.901. The van der Waals surface area contributed by atoms with E-state index in [9.17, 15) is 9.59 Å². The molecular weight excluding hydrogens is 326 g/mol. The Kier molecular flexibility index (Phi) is 4.61. The second-order valence-corrected chi connectivity index (χ2v) is 6.33. The monoisotopic (exact) mass is 343 g/mol. The van der Waals surface area contributed by atoms with Gasteiger partial charge in [-0.1, -0.05) is 18.2 Å². The molecule has 0 aliphatic rings. The number of aromatic nitrogens is 2. The van der Waals surface area contributed by atoms with Crippen LogP contribution in [0.3, 0.4) is 0 Å². The summed E-state index contributed by atoms with van der Waals surface area (Å²) >= 11 is 1.35. The molecule has 0 saturated carbocycles. The molecule has 6 nitrogen and oxygen atoms in total. The van der Waals surface area contributed by atoms with E-state index in [-0.39, 0.29) is 18.0 Å². The molecule has 0 unspecified atom stereocenters. The lowest BCUT2D eigenvalue weighted by molar-refractivity contribution is -0.137. The van der Waals surface area contributed by atoms with E-state index >= 15 is 0 Å². The summed E-state index contributed by atoms with van der Waals surface area (Å²) in [7, 11) is 1.66. The van der Waals surface area contributed by atoms with Crippen molar-refractivity contribution in [2.24, 2.45) is 0 Å². The van der Waals surface area contributed by atoms with Crippen LogP contribution in [-0.4, -0.2) is 33.9 Å². The van der Waals surface area contributed by atoms with Crippen molar-refractivity contribution in [3.05, 3.63) is 58.0 Å². The second-order valence-electron chi connectivity index (χ2n) is 5.42. The van der Waals surface area contributed by atoms with Crippen LogP contribution in [0.15, 0.2) is 46.6 Å². The van der Waals surface area contributed by atoms with E-state index in [2.05, 4.69) is 9.97 Å². The molecule has 0 bridgehead atoms. The maximum absolute atomic E-state index is 12.4. The summed E-state index contributed by atoms with van der Waals surface area (Å²) in [6.45, 7) is 1.91. The molecule has 1 N–H and O–H groups in total. The first-order valence-corrected chi connectivity index (χ1v) is 8.35. The van der Waals surface area contributed by atoms with E-state index in [1.54, 1.807) is 32.2 Å². The highest BCUT2D eigenvalue weighted by Crippen LogP contribution is 2.15. The first-order chi connectivity index (χ1) is 11.5. The molecule has 0 fully saturated rings. The van der Waals surface area contributed by atoms with Crippen LogP contribution in [0, 0.1) is 0 Å². The number of benzene rings is 1. The van der Waals surface area contributed by atoms with Gasteiger partial charge in [0.15, 0.2) is 6.10 Å². The van der Waals surface area contributed by atoms with Gasteiger partial charge in [-0.25, -0.2) is 4.98 Å². The fourth-order valence-corrected chi connectivity index (χ4v) is 3.09. The topological polar surface area (TPSA) is 75.3 Å². The smallest absolute Gasteiger partial charge is 0.268 e. The van der Waals surface area contributed by atoms with Gasteiger partial charge in [-0.2, -0.15) is 0 Å². The predicted molar refractivity (Wildman–Crippen MR) is 93.2 cm³/mol. The Bertz CT molecular complexity index is 904. The molecule has 2 heterocycles. The van der Waals surface area contributed by atoms with E-state index in [0.29, 0.717) is 21.8 Å². The maximum atomic E-state index is 12.4. The normalized spacial score (nSPS) is 12.1. The van der Waals surface area contributed by atoms with Gasteiger partial charge in [0.25, 0.3) is 11.5 Å². The summed E-state index contributed by atoms with van der Waals surface area (Å²) in [5, 5.41) is 1.82. The van der Waals surface area contributed by atoms with E-state index in [1.807, 2.05) is 23.6 Å². The summed E-state index contributed by atoms with van der Waals surface area (Å²) in [5.41, 5.74) is 0.465. The quantitative estimate of drug-likeness (QED) is 0.772. The Morgan fingerprint density at radius 3 is 2.83 bits per heavy atom. The number of aromatic amines is 1. The van der Waals surface area contributed by atoms with Crippen molar-refractivity contribution in [2.45, 2.75) is 19.6 Å². The van der Waals surface area contributed by atoms with E-state index in [0.717, 1.165) is 0 Å². The third-order valence-electron chi connectivity index (χ3n) is 3.53. The number of rotatable bonds is 5. The number of H-pyrrole nitrogens is 1. The van der Waals surface area contributed by atoms with Gasteiger partial charge in [0.1, 0.15) is 16.3 Å². The van der Waals surface area contributed by atoms with Crippen LogP contribution in [0.4, 0.5) is 0 Å². The fraction of sp³-hybridized carbons (Fsp3) is 0.235. The highest BCUT2D eigenvalue weighted by molar-refractivity contribution is 7.17. The predicted octanol–water partition coefficient (Wildman–Crippen LogP) is 2.41. The Morgan fingerprint density at radius 2 is 2.08 bits per heavy atom. The zero-order valence-electron chi connectivity index (χ0n) is 13.4. The number of nitrogens with zero attached hydrogens (tertiary/aromatic N) is 2. The van der Waals surface area contributed by atoms with Gasteiger partial charge in [0, 0.05) is 7.05 Å². The van der Waals surface area contributed by atoms with Crippen LogP contribution in [0.25, 0.3) is 10.2 Å². The molecule has 0 aliphatic heterocycles. The molecule has 0 aliphatic carbocycles. The average molecular weight is 343 g/mol. The Hall–Kier alpha value is -2.67. The molecule has 0 radical (unpaired) electrons. The van der Waals surface area contributed by atoms with Crippen LogP contribution in [0.2, 0.25) is 0 Å². The lowest BCUT2D eigenvalue weighted by atomic mass is 10.3. The number of carbonyl (C=O) groups is 1. The second kappa shape index (κ2) is 6.84. The van der Waals surface area contributed by atoms with Crippen LogP contribution < -0.4 is 10.3 Å². The standard InChI is InChI=1S/C17H17N3O3S/c1-11(23-12-6-4-3-5-7-12)17(22)20(2)10-14-18-13-8-9-24-15(13)16(21)19-14/h3-9,11H,10H2,1-2H3,(H,18,19,21)/t11-/m1/s1. The van der Waals surface area contributed by atoms with Gasteiger partial charge in [-0.05, 0) is 30.5 Å². The highest BCUT2D eigenvalue weighted by Gasteiger charge is 2.20. The molecule has 1 aromatic carbocycles. The summed E-state index contributed by atoms with van der Waals surface area (Å²) in [6.07, 6.45) is -0.631. The lowest BCUT2D eigenvalue weighted by Crippen LogP contribution is -2.38. The zero-order chi connectivity index (χ0) is 17.1. The third kappa shape index (κ3) is 3.46. The number of nitrogens with one attached hydrogen (secondary N) is 1. The van der Waals surface area contributed by atoms with Crippen molar-refractivity contribution in [3.8, 4) is 5.75 Å². The number of para-hydroxylation sites is 1. The molecule has 2 aromatic heterocycles. The molecule has 7 heteroatoms. The number of hydrogen-bond donors (Lipinski definition) is 1. The Morgan fingerprint density at radius 1 is 1.33 bits per heavy atom. The number of thiophene rings is 1. The summed E-state index contributed by atoms with van der Waals surface area (Å²) < 4.78 is 6.23. The van der Waals surface area contributed by atoms with Crippen molar-refractivity contribution in [3.63, 3.8) is 0 Å². The Balaban J connectivity index is 1.69. The molecule has 3 aromatic rings. The van der Waals surface area contributed by atoms with Crippen molar-refractivity contribution in [2.75, 3.05) is 7.05 Å². The van der Waals surface area contributed by atoms with Crippen molar-refractivity contribution < 1.29 is 9.53 Å². The molecule has 0 saturated heterocycles. The number of likely N-dealkylation sites (N-methyl/N-ethyl adjacent to an activating group) is 1. The zero-order valence-corrected chi connectivity index (χ0v) is 14.2. The van der Waals surface area contributed by atoms with Gasteiger partial charge < -0.3 is 14.6 Å². The van der Waals surface area contributed by atoms with Crippen molar-refractivity contribution in [1.82, 2.24) is 14.9 Å². The number of amides is 1. The van der Waals surface area contributed by atoms with E-state index < -0.39 is 6.10 Å². The van der Waals surface area contributed by atoms with Crippen LogP contribution in [0.1, 0.15) is 12.7 Å². The molecule has 124 valence electrons. The highest BCUT2D eigenvalue weighted by atomic mass is 32.1.